The second kappa shape index (κ2) is 4.42. The molecule has 94 valence electrons. The summed E-state index contributed by atoms with van der Waals surface area (Å²) in [4.78, 5) is 11.1. The number of hydrogen-bond donors (Lipinski definition) is 2. The number of hydrogen-bond acceptors (Lipinski definition) is 3. The van der Waals surface area contributed by atoms with Crippen molar-refractivity contribution in [3.63, 3.8) is 0 Å². The van der Waals surface area contributed by atoms with Crippen LogP contribution in [0.3, 0.4) is 0 Å². The Bertz CT molecular complexity index is 590. The van der Waals surface area contributed by atoms with Gasteiger partial charge in [-0.05, 0) is 6.07 Å². The molecule has 1 unspecified atom stereocenters. The van der Waals surface area contributed by atoms with Gasteiger partial charge in [0.05, 0.1) is 11.2 Å². The van der Waals surface area contributed by atoms with E-state index < -0.39 is 0 Å². The molecular formula is C13H16N4O. The molecular weight excluding hydrogens is 228 g/mol. The van der Waals surface area contributed by atoms with Gasteiger partial charge < -0.3 is 10.6 Å². The third-order valence-corrected chi connectivity index (χ3v) is 3.37. The van der Waals surface area contributed by atoms with Gasteiger partial charge in [-0.3, -0.25) is 9.48 Å². The number of para-hydroxylation sites is 1. The van der Waals surface area contributed by atoms with E-state index in [1.165, 1.54) is 5.39 Å². The van der Waals surface area contributed by atoms with Crippen molar-refractivity contribution in [3.8, 4) is 0 Å². The lowest BCUT2D eigenvalue weighted by atomic mass is 10.2. The maximum atomic E-state index is 11.1. The van der Waals surface area contributed by atoms with E-state index in [1.54, 1.807) is 0 Å². The minimum absolute atomic E-state index is 0.123. The summed E-state index contributed by atoms with van der Waals surface area (Å²) in [6.45, 7) is 1.41. The largest absolute Gasteiger partial charge is 0.354 e. The first kappa shape index (κ1) is 11.2. The lowest BCUT2D eigenvalue weighted by Gasteiger charge is -2.08. The van der Waals surface area contributed by atoms with Gasteiger partial charge in [0.15, 0.2) is 0 Å². The van der Waals surface area contributed by atoms with Crippen LogP contribution < -0.4 is 10.6 Å². The van der Waals surface area contributed by atoms with E-state index in [9.17, 15) is 4.79 Å². The Balaban J connectivity index is 1.76. The van der Waals surface area contributed by atoms with Crippen LogP contribution in [0.2, 0.25) is 0 Å². The van der Waals surface area contributed by atoms with Gasteiger partial charge >= 0.3 is 0 Å². The van der Waals surface area contributed by atoms with E-state index in [0.717, 1.165) is 11.2 Å². The summed E-state index contributed by atoms with van der Waals surface area (Å²) in [5.74, 6) is 0.123. The van der Waals surface area contributed by atoms with Gasteiger partial charge in [0.2, 0.25) is 5.91 Å². The Morgan fingerprint density at radius 1 is 1.50 bits per heavy atom. The van der Waals surface area contributed by atoms with Crippen molar-refractivity contribution in [2.45, 2.75) is 19.0 Å². The normalized spacial score (nSPS) is 19.4. The molecule has 1 aliphatic rings. The first-order chi connectivity index (χ1) is 8.74. The zero-order valence-corrected chi connectivity index (χ0v) is 10.3. The molecule has 18 heavy (non-hydrogen) atoms. The van der Waals surface area contributed by atoms with Crippen molar-refractivity contribution in [1.29, 1.82) is 0 Å². The van der Waals surface area contributed by atoms with Crippen LogP contribution in [0.25, 0.3) is 10.9 Å². The third-order valence-electron chi connectivity index (χ3n) is 3.37. The topological polar surface area (TPSA) is 59.0 Å². The Labute approximate surface area is 105 Å². The predicted octanol–water partition coefficient (Wildman–Crippen LogP) is 0.551. The number of nitrogens with zero attached hydrogens (tertiary/aromatic N) is 2. The molecule has 1 aliphatic heterocycles. The molecule has 1 aromatic heterocycles. The smallest absolute Gasteiger partial charge is 0.221 e. The average molecular weight is 244 g/mol. The monoisotopic (exact) mass is 244 g/mol. The van der Waals surface area contributed by atoms with Crippen LogP contribution in [-0.2, 0) is 18.4 Å². The van der Waals surface area contributed by atoms with Crippen LogP contribution >= 0.6 is 0 Å². The fourth-order valence-electron chi connectivity index (χ4n) is 2.41. The van der Waals surface area contributed by atoms with Crippen molar-refractivity contribution in [1.82, 2.24) is 20.4 Å². The summed E-state index contributed by atoms with van der Waals surface area (Å²) >= 11 is 0. The molecule has 1 fully saturated rings. The van der Waals surface area contributed by atoms with Crippen molar-refractivity contribution in [2.24, 2.45) is 7.05 Å². The standard InChI is InChI=1S/C13H16N4O/c1-17-12-5-3-2-4-10(12)11(16-17)8-14-9-6-13(18)15-7-9/h2-5,9,14H,6-8H2,1H3,(H,15,18). The lowest BCUT2D eigenvalue weighted by Crippen LogP contribution is -2.30. The Hall–Kier alpha value is -1.88. The second-order valence-electron chi connectivity index (χ2n) is 4.67. The van der Waals surface area contributed by atoms with Gasteiger partial charge in [-0.15, -0.1) is 0 Å². The van der Waals surface area contributed by atoms with Gasteiger partial charge in [0.1, 0.15) is 0 Å². The number of carbonyl (C=O) groups excluding carboxylic acids is 1. The molecule has 0 spiro atoms. The first-order valence-corrected chi connectivity index (χ1v) is 6.15. The highest BCUT2D eigenvalue weighted by molar-refractivity contribution is 5.82. The van der Waals surface area contributed by atoms with E-state index in [2.05, 4.69) is 27.9 Å². The molecule has 1 atom stereocenters. The van der Waals surface area contributed by atoms with Crippen LogP contribution in [0.1, 0.15) is 12.1 Å². The van der Waals surface area contributed by atoms with Crippen molar-refractivity contribution < 1.29 is 4.79 Å². The van der Waals surface area contributed by atoms with Crippen LogP contribution in [0.5, 0.6) is 0 Å². The zero-order valence-electron chi connectivity index (χ0n) is 10.3. The zero-order chi connectivity index (χ0) is 12.5. The fourth-order valence-corrected chi connectivity index (χ4v) is 2.41. The van der Waals surface area contributed by atoms with E-state index in [1.807, 2.05) is 23.9 Å². The maximum Gasteiger partial charge on any atom is 0.221 e. The molecule has 0 saturated carbocycles. The molecule has 3 rings (SSSR count). The van der Waals surface area contributed by atoms with Crippen LogP contribution in [-0.4, -0.2) is 28.3 Å². The molecule has 1 amide bonds. The minimum atomic E-state index is 0.123. The van der Waals surface area contributed by atoms with Crippen LogP contribution in [0, 0.1) is 0 Å². The highest BCUT2D eigenvalue weighted by atomic mass is 16.1. The molecule has 2 heterocycles. The van der Waals surface area contributed by atoms with Gasteiger partial charge in [-0.2, -0.15) is 5.10 Å². The molecule has 2 N–H and O–H groups in total. The molecule has 0 aliphatic carbocycles. The number of rotatable bonds is 3. The number of carbonyl (C=O) groups is 1. The highest BCUT2D eigenvalue weighted by Crippen LogP contribution is 2.17. The molecule has 0 bridgehead atoms. The molecule has 0 radical (unpaired) electrons. The Kier molecular flexibility index (Phi) is 2.76. The minimum Gasteiger partial charge on any atom is -0.354 e. The van der Waals surface area contributed by atoms with E-state index in [4.69, 9.17) is 0 Å². The Morgan fingerprint density at radius 2 is 2.33 bits per heavy atom. The van der Waals surface area contributed by atoms with E-state index in [0.29, 0.717) is 19.5 Å². The highest BCUT2D eigenvalue weighted by Gasteiger charge is 2.21. The quantitative estimate of drug-likeness (QED) is 0.829. The van der Waals surface area contributed by atoms with Crippen LogP contribution in [0.15, 0.2) is 24.3 Å². The number of amides is 1. The second-order valence-corrected chi connectivity index (χ2v) is 4.67. The number of benzene rings is 1. The number of fused-ring (bicyclic) bond motifs is 1. The maximum absolute atomic E-state index is 11.1. The summed E-state index contributed by atoms with van der Waals surface area (Å²) in [7, 11) is 1.95. The molecule has 5 heteroatoms. The summed E-state index contributed by atoms with van der Waals surface area (Å²) in [5.41, 5.74) is 2.17. The Morgan fingerprint density at radius 3 is 3.11 bits per heavy atom. The van der Waals surface area contributed by atoms with E-state index in [-0.39, 0.29) is 11.9 Å². The molecule has 5 nitrogen and oxygen atoms in total. The number of aromatic nitrogens is 2. The van der Waals surface area contributed by atoms with Gasteiger partial charge in [0, 0.05) is 38.0 Å². The van der Waals surface area contributed by atoms with Crippen molar-refractivity contribution in [2.75, 3.05) is 6.54 Å². The first-order valence-electron chi connectivity index (χ1n) is 6.15. The summed E-state index contributed by atoms with van der Waals surface area (Å²) in [5, 5.41) is 11.9. The van der Waals surface area contributed by atoms with Crippen LogP contribution in [0.4, 0.5) is 0 Å². The summed E-state index contributed by atoms with van der Waals surface area (Å²) in [6, 6.07) is 8.40. The van der Waals surface area contributed by atoms with Gasteiger partial charge in [-0.1, -0.05) is 18.2 Å². The van der Waals surface area contributed by atoms with Gasteiger partial charge in [-0.25, -0.2) is 0 Å². The van der Waals surface area contributed by atoms with Crippen molar-refractivity contribution >= 4 is 16.8 Å². The number of nitrogens with one attached hydrogen (secondary N) is 2. The van der Waals surface area contributed by atoms with Crippen molar-refractivity contribution in [3.05, 3.63) is 30.0 Å². The fraction of sp³-hybridized carbons (Fsp3) is 0.385. The molecule has 1 aromatic carbocycles. The summed E-state index contributed by atoms with van der Waals surface area (Å²) < 4.78 is 1.89. The average Bonchev–Trinajstić information content (AvgIpc) is 2.92. The van der Waals surface area contributed by atoms with Gasteiger partial charge in [0.25, 0.3) is 0 Å². The summed E-state index contributed by atoms with van der Waals surface area (Å²) in [6.07, 6.45) is 0.560. The third kappa shape index (κ3) is 1.97. The number of aryl methyl sites for hydroxylation is 1. The molecule has 2 aromatic rings. The molecule has 1 saturated heterocycles. The predicted molar refractivity (Wildman–Crippen MR) is 69.0 cm³/mol. The van der Waals surface area contributed by atoms with E-state index >= 15 is 0 Å². The lowest BCUT2D eigenvalue weighted by molar-refractivity contribution is -0.119. The SMILES string of the molecule is Cn1nc(CNC2CNC(=O)C2)c2ccccc21.